The molecule has 0 saturated heterocycles. The number of carbonyl (C=O) groups excluding carboxylic acids is 1. The van der Waals surface area contributed by atoms with Gasteiger partial charge in [0.25, 0.3) is 0 Å². The molecule has 7 heteroatoms. The van der Waals surface area contributed by atoms with Crippen LogP contribution >= 0.6 is 0 Å². The molecule has 2 aromatic carbocycles. The van der Waals surface area contributed by atoms with Gasteiger partial charge in [0.05, 0.1) is 42.0 Å². The smallest absolute Gasteiger partial charge is 0.338 e. The van der Waals surface area contributed by atoms with Gasteiger partial charge >= 0.3 is 5.97 Å². The monoisotopic (exact) mass is 435 g/mol. The quantitative estimate of drug-likeness (QED) is 0.522. The number of fused-ring (bicyclic) bond motifs is 3. The summed E-state index contributed by atoms with van der Waals surface area (Å²) in [6.07, 6.45) is -0.233. The van der Waals surface area contributed by atoms with Gasteiger partial charge in [-0.15, -0.1) is 0 Å². The maximum Gasteiger partial charge on any atom is 0.338 e. The van der Waals surface area contributed by atoms with Crippen LogP contribution in [0.2, 0.25) is 0 Å². The zero-order valence-electron chi connectivity index (χ0n) is 19.1. The molecule has 7 nitrogen and oxygen atoms in total. The zero-order chi connectivity index (χ0) is 22.8. The average molecular weight is 436 g/mol. The van der Waals surface area contributed by atoms with Crippen LogP contribution in [0.4, 0.5) is 5.95 Å². The topological polar surface area (TPSA) is 74.6 Å². The van der Waals surface area contributed by atoms with Gasteiger partial charge in [0, 0.05) is 5.70 Å². The van der Waals surface area contributed by atoms with Crippen molar-refractivity contribution in [3.8, 4) is 11.5 Å². The second-order valence-electron chi connectivity index (χ2n) is 7.89. The molecule has 0 fully saturated rings. The van der Waals surface area contributed by atoms with Crippen LogP contribution in [0.3, 0.4) is 0 Å². The van der Waals surface area contributed by atoms with E-state index in [9.17, 15) is 4.79 Å². The summed E-state index contributed by atoms with van der Waals surface area (Å²) in [5.41, 5.74) is 3.92. The van der Waals surface area contributed by atoms with Gasteiger partial charge in [0.2, 0.25) is 5.95 Å². The number of para-hydroxylation sites is 2. The van der Waals surface area contributed by atoms with Crippen molar-refractivity contribution < 1.29 is 19.0 Å². The Balaban J connectivity index is 1.93. The maximum atomic E-state index is 13.2. The molecule has 0 radical (unpaired) electrons. The molecular formula is C25H29N3O4. The van der Waals surface area contributed by atoms with Gasteiger partial charge in [-0.25, -0.2) is 9.78 Å². The molecule has 1 aromatic heterocycles. The van der Waals surface area contributed by atoms with Gasteiger partial charge in [0.1, 0.15) is 0 Å². The number of benzene rings is 2. The lowest BCUT2D eigenvalue weighted by Gasteiger charge is -2.31. The van der Waals surface area contributed by atoms with Crippen LogP contribution in [0, 0.1) is 0 Å². The fourth-order valence-corrected chi connectivity index (χ4v) is 4.06. The summed E-state index contributed by atoms with van der Waals surface area (Å²) in [5.74, 6) is 1.65. The van der Waals surface area contributed by atoms with Crippen molar-refractivity contribution >= 4 is 23.0 Å². The fraction of sp³-hybridized carbons (Fsp3) is 0.360. The summed E-state index contributed by atoms with van der Waals surface area (Å²) < 4.78 is 19.3. The van der Waals surface area contributed by atoms with Crippen LogP contribution < -0.4 is 14.8 Å². The van der Waals surface area contributed by atoms with Gasteiger partial charge in [-0.05, 0) is 64.4 Å². The summed E-state index contributed by atoms with van der Waals surface area (Å²) in [5, 5.41) is 3.30. The number of imidazole rings is 1. The predicted octanol–water partition coefficient (Wildman–Crippen LogP) is 5.07. The van der Waals surface area contributed by atoms with Crippen molar-refractivity contribution in [3.63, 3.8) is 0 Å². The summed E-state index contributed by atoms with van der Waals surface area (Å²) in [4.78, 5) is 18.0. The number of nitrogens with one attached hydrogen (secondary N) is 1. The van der Waals surface area contributed by atoms with Crippen molar-refractivity contribution in [1.29, 1.82) is 0 Å². The lowest BCUT2D eigenvalue weighted by atomic mass is 9.94. The van der Waals surface area contributed by atoms with Crippen LogP contribution in [0.1, 0.15) is 46.2 Å². The second kappa shape index (κ2) is 8.94. The Morgan fingerprint density at radius 2 is 1.81 bits per heavy atom. The normalized spacial score (nSPS) is 15.5. The van der Waals surface area contributed by atoms with Crippen LogP contribution in [0.5, 0.6) is 11.5 Å². The van der Waals surface area contributed by atoms with Crippen LogP contribution in [0.15, 0.2) is 53.7 Å². The highest BCUT2D eigenvalue weighted by Crippen LogP contribution is 2.42. The van der Waals surface area contributed by atoms with Crippen LogP contribution in [0.25, 0.3) is 11.0 Å². The number of allylic oxidation sites excluding steroid dienone is 1. The molecule has 1 aliphatic rings. The summed E-state index contributed by atoms with van der Waals surface area (Å²) in [7, 11) is 0. The maximum absolute atomic E-state index is 13.2. The van der Waals surface area contributed by atoms with E-state index in [1.54, 1.807) is 0 Å². The van der Waals surface area contributed by atoms with Crippen molar-refractivity contribution in [3.05, 3.63) is 59.3 Å². The Bertz CT molecular complexity index is 1180. The third kappa shape index (κ3) is 3.90. The van der Waals surface area contributed by atoms with E-state index in [-0.39, 0.29) is 12.1 Å². The number of esters is 1. The van der Waals surface area contributed by atoms with Crippen molar-refractivity contribution in [2.24, 2.45) is 0 Å². The second-order valence-corrected chi connectivity index (χ2v) is 7.89. The molecule has 4 rings (SSSR count). The van der Waals surface area contributed by atoms with Crippen molar-refractivity contribution in [2.75, 3.05) is 18.5 Å². The summed E-state index contributed by atoms with van der Waals surface area (Å²) in [6.45, 7) is 10.5. The third-order valence-electron chi connectivity index (χ3n) is 5.28. The largest absolute Gasteiger partial charge is 0.490 e. The molecular weight excluding hydrogens is 406 g/mol. The van der Waals surface area contributed by atoms with Gasteiger partial charge in [-0.1, -0.05) is 18.2 Å². The van der Waals surface area contributed by atoms with Gasteiger partial charge in [-0.2, -0.15) is 0 Å². The van der Waals surface area contributed by atoms with Crippen molar-refractivity contribution in [1.82, 2.24) is 9.55 Å². The van der Waals surface area contributed by atoms with E-state index in [2.05, 4.69) is 5.32 Å². The minimum atomic E-state index is -0.431. The first kappa shape index (κ1) is 21.7. The van der Waals surface area contributed by atoms with Gasteiger partial charge in [-0.3, -0.25) is 4.57 Å². The van der Waals surface area contributed by atoms with E-state index in [4.69, 9.17) is 19.2 Å². The highest BCUT2D eigenvalue weighted by molar-refractivity contribution is 5.94. The molecule has 3 aromatic rings. The number of aromatic nitrogens is 2. The number of hydrogen-bond acceptors (Lipinski definition) is 6. The number of nitrogens with zero attached hydrogens (tertiary/aromatic N) is 2. The Morgan fingerprint density at radius 3 is 2.53 bits per heavy atom. The third-order valence-corrected chi connectivity index (χ3v) is 5.28. The molecule has 0 amide bonds. The Kier molecular flexibility index (Phi) is 6.08. The number of rotatable bonds is 7. The molecule has 0 saturated carbocycles. The molecule has 1 aliphatic heterocycles. The molecule has 0 aliphatic carbocycles. The molecule has 0 bridgehead atoms. The SMILES string of the molecule is CCOc1ccc(C2C(C(=O)OC(C)C)=C(C)Nc3nc4ccccc4n32)cc1OCC. The summed E-state index contributed by atoms with van der Waals surface area (Å²) >= 11 is 0. The zero-order valence-corrected chi connectivity index (χ0v) is 19.1. The molecule has 168 valence electrons. The number of carbonyl (C=O) groups is 1. The Hall–Kier alpha value is -3.48. The van der Waals surface area contributed by atoms with Gasteiger partial charge in [0.15, 0.2) is 11.5 Å². The molecule has 1 N–H and O–H groups in total. The number of hydrogen-bond donors (Lipinski definition) is 1. The van der Waals surface area contributed by atoms with Crippen LogP contribution in [-0.4, -0.2) is 34.8 Å². The van der Waals surface area contributed by atoms with E-state index in [0.29, 0.717) is 36.2 Å². The van der Waals surface area contributed by atoms with E-state index >= 15 is 0 Å². The average Bonchev–Trinajstić information content (AvgIpc) is 3.11. The Morgan fingerprint density at radius 1 is 1.09 bits per heavy atom. The first-order chi connectivity index (χ1) is 15.4. The van der Waals surface area contributed by atoms with Crippen LogP contribution in [-0.2, 0) is 9.53 Å². The van der Waals surface area contributed by atoms with E-state index < -0.39 is 6.04 Å². The summed E-state index contributed by atoms with van der Waals surface area (Å²) in [6, 6.07) is 13.3. The fourth-order valence-electron chi connectivity index (χ4n) is 4.06. The lowest BCUT2D eigenvalue weighted by Crippen LogP contribution is -2.30. The highest BCUT2D eigenvalue weighted by atomic mass is 16.5. The number of anilines is 1. The minimum Gasteiger partial charge on any atom is -0.490 e. The Labute approximate surface area is 188 Å². The number of ether oxygens (including phenoxy) is 3. The lowest BCUT2D eigenvalue weighted by molar-refractivity contribution is -0.143. The molecule has 32 heavy (non-hydrogen) atoms. The first-order valence-electron chi connectivity index (χ1n) is 11.0. The first-order valence-corrected chi connectivity index (χ1v) is 11.0. The molecule has 1 atom stereocenters. The highest BCUT2D eigenvalue weighted by Gasteiger charge is 2.35. The molecule has 1 unspecified atom stereocenters. The van der Waals surface area contributed by atoms with Gasteiger partial charge < -0.3 is 19.5 Å². The standard InChI is InChI=1S/C25H29N3O4/c1-6-30-20-13-12-17(14-21(20)31-7-2)23-22(24(29)32-15(3)4)16(5)26-25-27-18-10-8-9-11-19(18)28(23)25/h8-15,23H,6-7H2,1-5H3,(H,26,27). The van der Waals surface area contributed by atoms with E-state index in [1.807, 2.05) is 81.7 Å². The predicted molar refractivity (Wildman–Crippen MR) is 124 cm³/mol. The van der Waals surface area contributed by atoms with Crippen molar-refractivity contribution in [2.45, 2.75) is 46.8 Å². The minimum absolute atomic E-state index is 0.233. The molecule has 2 heterocycles. The van der Waals surface area contributed by atoms with E-state index in [1.165, 1.54) is 0 Å². The molecule has 0 spiro atoms. The van der Waals surface area contributed by atoms with E-state index in [0.717, 1.165) is 22.3 Å².